The van der Waals surface area contributed by atoms with E-state index in [-0.39, 0.29) is 12.2 Å². The molecule has 2 aromatic carbocycles. The van der Waals surface area contributed by atoms with Gasteiger partial charge in [-0.25, -0.2) is 8.78 Å². The van der Waals surface area contributed by atoms with E-state index >= 15 is 0 Å². The smallest absolute Gasteiger partial charge is 0.419 e. The predicted molar refractivity (Wildman–Crippen MR) is 110 cm³/mol. The summed E-state index contributed by atoms with van der Waals surface area (Å²) in [4.78, 5) is 4.06. The molecule has 4 atom stereocenters. The first kappa shape index (κ1) is 23.3. The number of ether oxygens (including phenoxy) is 1. The number of pyridine rings is 1. The second-order valence-electron chi connectivity index (χ2n) is 7.90. The van der Waals surface area contributed by atoms with Crippen molar-refractivity contribution in [3.05, 3.63) is 71.3 Å². The lowest BCUT2D eigenvalue weighted by atomic mass is 9.86. The highest BCUT2D eigenvalue weighted by atomic mass is 19.4. The maximum Gasteiger partial charge on any atom is 0.419 e. The van der Waals surface area contributed by atoms with E-state index in [2.05, 4.69) is 10.3 Å². The number of aliphatic hydroxyl groups is 2. The number of halogens is 5. The van der Waals surface area contributed by atoms with Gasteiger partial charge < -0.3 is 20.3 Å². The maximum atomic E-state index is 14.6. The van der Waals surface area contributed by atoms with Crippen LogP contribution in [-0.2, 0) is 12.7 Å². The maximum absolute atomic E-state index is 14.6. The van der Waals surface area contributed by atoms with Crippen LogP contribution in [0.25, 0.3) is 10.8 Å². The van der Waals surface area contributed by atoms with Crippen LogP contribution in [0, 0.1) is 5.82 Å². The predicted octanol–water partition coefficient (Wildman–Crippen LogP) is 4.07. The number of benzene rings is 2. The molecular formula is C23H21F5N2O3. The number of hydrogen-bond acceptors (Lipinski definition) is 5. The van der Waals surface area contributed by atoms with E-state index in [9.17, 15) is 32.2 Å². The second-order valence-corrected chi connectivity index (χ2v) is 7.90. The molecular weight excluding hydrogens is 447 g/mol. The van der Waals surface area contributed by atoms with Crippen molar-refractivity contribution >= 4 is 10.8 Å². The standard InChI is InChI=1S/C23H21F5N2O3/c24-18-4-2-13(7-17(18)23(26,27)28)33-21-8-19(22(21)25)30-9-12-1-3-15(20(32)11-31)16-10-29-6-5-14(12)16/h1-7,10,19-22,30-32H,8-9,11H2/t19-,20+,21-,22-/m0/s1. The molecule has 3 aromatic rings. The van der Waals surface area contributed by atoms with Gasteiger partial charge in [0.1, 0.15) is 23.8 Å². The Hall–Kier alpha value is -2.82. The van der Waals surface area contributed by atoms with Gasteiger partial charge in [0.05, 0.1) is 12.2 Å². The first-order chi connectivity index (χ1) is 15.7. The third-order valence-electron chi connectivity index (χ3n) is 5.79. The number of aromatic nitrogens is 1. The number of fused-ring (bicyclic) bond motifs is 1. The van der Waals surface area contributed by atoms with Gasteiger partial charge in [0, 0.05) is 36.8 Å². The number of alkyl halides is 4. The third-order valence-corrected chi connectivity index (χ3v) is 5.79. The van der Waals surface area contributed by atoms with Gasteiger partial charge in [-0.3, -0.25) is 4.98 Å². The lowest BCUT2D eigenvalue weighted by Gasteiger charge is -2.40. The molecule has 33 heavy (non-hydrogen) atoms. The quantitative estimate of drug-likeness (QED) is 0.456. The van der Waals surface area contributed by atoms with E-state index in [4.69, 9.17) is 4.74 Å². The normalized spacial score (nSPS) is 21.6. The summed E-state index contributed by atoms with van der Waals surface area (Å²) in [6.45, 7) is -0.143. The van der Waals surface area contributed by atoms with E-state index in [1.54, 1.807) is 30.6 Å². The monoisotopic (exact) mass is 468 g/mol. The lowest BCUT2D eigenvalue weighted by Crippen LogP contribution is -2.57. The first-order valence-corrected chi connectivity index (χ1v) is 10.2. The van der Waals surface area contributed by atoms with E-state index in [1.807, 2.05) is 0 Å². The van der Waals surface area contributed by atoms with Crippen LogP contribution >= 0.6 is 0 Å². The molecule has 0 bridgehead atoms. The Bertz CT molecular complexity index is 1140. The molecule has 1 aliphatic carbocycles. The minimum absolute atomic E-state index is 0.223. The highest BCUT2D eigenvalue weighted by Crippen LogP contribution is 2.36. The Morgan fingerprint density at radius 1 is 1.15 bits per heavy atom. The highest BCUT2D eigenvalue weighted by molar-refractivity contribution is 5.88. The summed E-state index contributed by atoms with van der Waals surface area (Å²) in [5.41, 5.74) is -0.103. The molecule has 1 aromatic heterocycles. The van der Waals surface area contributed by atoms with Crippen molar-refractivity contribution in [3.8, 4) is 5.75 Å². The molecule has 3 N–H and O–H groups in total. The Kier molecular flexibility index (Phi) is 6.51. The zero-order valence-corrected chi connectivity index (χ0v) is 17.2. The molecule has 0 spiro atoms. The minimum atomic E-state index is -4.87. The van der Waals surface area contributed by atoms with Crippen molar-refractivity contribution in [1.29, 1.82) is 0 Å². The fourth-order valence-electron chi connectivity index (χ4n) is 3.91. The van der Waals surface area contributed by atoms with Crippen molar-refractivity contribution in [2.75, 3.05) is 6.61 Å². The summed E-state index contributed by atoms with van der Waals surface area (Å²) in [6.07, 6.45) is -4.95. The molecule has 0 aliphatic heterocycles. The van der Waals surface area contributed by atoms with Gasteiger partial charge in [-0.15, -0.1) is 0 Å². The van der Waals surface area contributed by atoms with E-state index in [0.29, 0.717) is 29.6 Å². The average molecular weight is 468 g/mol. The van der Waals surface area contributed by atoms with Gasteiger partial charge in [-0.1, -0.05) is 12.1 Å². The summed E-state index contributed by atoms with van der Waals surface area (Å²) in [5.74, 6) is -1.66. The molecule has 0 saturated heterocycles. The number of aliphatic hydroxyl groups excluding tert-OH is 2. The van der Waals surface area contributed by atoms with Crippen LogP contribution in [-0.4, -0.2) is 40.1 Å². The van der Waals surface area contributed by atoms with Crippen LogP contribution in [0.15, 0.2) is 48.8 Å². The van der Waals surface area contributed by atoms with Crippen LogP contribution in [0.3, 0.4) is 0 Å². The molecule has 1 saturated carbocycles. The topological polar surface area (TPSA) is 74.6 Å². The van der Waals surface area contributed by atoms with Crippen molar-refractivity contribution in [1.82, 2.24) is 10.3 Å². The molecule has 0 unspecified atom stereocenters. The highest BCUT2D eigenvalue weighted by Gasteiger charge is 2.43. The molecule has 0 radical (unpaired) electrons. The molecule has 1 fully saturated rings. The number of nitrogens with zero attached hydrogens (tertiary/aromatic N) is 1. The number of rotatable bonds is 7. The molecule has 4 rings (SSSR count). The van der Waals surface area contributed by atoms with Crippen molar-refractivity contribution < 1.29 is 36.9 Å². The SMILES string of the molecule is OC[C@@H](O)c1ccc(CN[C@H]2C[C@H](Oc3ccc(F)c(C(F)(F)F)c3)[C@H]2F)c2ccncc12. The van der Waals surface area contributed by atoms with Gasteiger partial charge in [-0.2, -0.15) is 13.2 Å². The summed E-state index contributed by atoms with van der Waals surface area (Å²) in [7, 11) is 0. The fraction of sp³-hybridized carbons (Fsp3) is 0.348. The Morgan fingerprint density at radius 3 is 2.64 bits per heavy atom. The summed E-state index contributed by atoms with van der Waals surface area (Å²) < 4.78 is 71.9. The lowest BCUT2D eigenvalue weighted by molar-refractivity contribution is -0.140. The van der Waals surface area contributed by atoms with Crippen LogP contribution in [0.5, 0.6) is 5.75 Å². The molecule has 1 heterocycles. The molecule has 1 aliphatic rings. The average Bonchev–Trinajstić information content (AvgIpc) is 2.80. The summed E-state index contributed by atoms with van der Waals surface area (Å²) in [5, 5.41) is 23.8. The van der Waals surface area contributed by atoms with E-state index in [1.165, 1.54) is 0 Å². The van der Waals surface area contributed by atoms with Gasteiger partial charge in [0.25, 0.3) is 0 Å². The Labute approximate surface area is 185 Å². The van der Waals surface area contributed by atoms with Crippen LogP contribution in [0.4, 0.5) is 22.0 Å². The number of nitrogens with one attached hydrogen (secondary N) is 1. The zero-order valence-electron chi connectivity index (χ0n) is 17.2. The molecule has 10 heteroatoms. The van der Waals surface area contributed by atoms with Crippen LogP contribution < -0.4 is 10.1 Å². The minimum Gasteiger partial charge on any atom is -0.487 e. The van der Waals surface area contributed by atoms with Gasteiger partial charge >= 0.3 is 6.18 Å². The first-order valence-electron chi connectivity index (χ1n) is 10.2. The zero-order chi connectivity index (χ0) is 23.8. The summed E-state index contributed by atoms with van der Waals surface area (Å²) in [6, 6.07) is 6.85. The van der Waals surface area contributed by atoms with Crippen molar-refractivity contribution in [3.63, 3.8) is 0 Å². The molecule has 176 valence electrons. The Balaban J connectivity index is 1.40. The number of hydrogen-bond donors (Lipinski definition) is 3. The van der Waals surface area contributed by atoms with Crippen molar-refractivity contribution in [2.24, 2.45) is 0 Å². The largest absolute Gasteiger partial charge is 0.487 e. The van der Waals surface area contributed by atoms with Gasteiger partial charge in [0.15, 0.2) is 6.17 Å². The summed E-state index contributed by atoms with van der Waals surface area (Å²) >= 11 is 0. The second kappa shape index (κ2) is 9.20. The van der Waals surface area contributed by atoms with Gasteiger partial charge in [-0.05, 0) is 40.8 Å². The van der Waals surface area contributed by atoms with E-state index < -0.39 is 48.6 Å². The van der Waals surface area contributed by atoms with Crippen molar-refractivity contribution in [2.45, 2.75) is 43.6 Å². The van der Waals surface area contributed by atoms with Crippen LogP contribution in [0.2, 0.25) is 0 Å². The molecule has 0 amide bonds. The van der Waals surface area contributed by atoms with E-state index in [0.717, 1.165) is 17.0 Å². The molecule has 5 nitrogen and oxygen atoms in total. The fourth-order valence-corrected chi connectivity index (χ4v) is 3.91. The third kappa shape index (κ3) is 4.78. The van der Waals surface area contributed by atoms with Gasteiger partial charge in [0.2, 0.25) is 0 Å². The van der Waals surface area contributed by atoms with Crippen LogP contribution in [0.1, 0.15) is 29.2 Å². The Morgan fingerprint density at radius 2 is 1.94 bits per heavy atom.